The molecule has 2 aromatic rings. The molecule has 0 spiro atoms. The molecule has 6 heteroatoms. The van der Waals surface area contributed by atoms with Crippen LogP contribution in [0, 0.1) is 37.7 Å². The van der Waals surface area contributed by atoms with Crippen LogP contribution in [0.5, 0.6) is 0 Å². The fourth-order valence-electron chi connectivity index (χ4n) is 2.22. The Labute approximate surface area is 152 Å². The molecule has 0 saturated carbocycles. The fourth-order valence-corrected chi connectivity index (χ4v) is 3.30. The average Bonchev–Trinajstić information content (AvgIpc) is 2.92. The van der Waals surface area contributed by atoms with E-state index in [4.69, 9.17) is 14.6 Å². The van der Waals surface area contributed by atoms with Crippen molar-refractivity contribution >= 4 is 22.7 Å². The molecular weight excluding hydrogens is 512 g/mol. The van der Waals surface area contributed by atoms with Crippen LogP contribution in [0.25, 0.3) is 10.9 Å². The van der Waals surface area contributed by atoms with Crippen molar-refractivity contribution in [2.45, 2.75) is 22.8 Å². The van der Waals surface area contributed by atoms with Gasteiger partial charge in [-0.15, -0.1) is 18.2 Å². The minimum absolute atomic E-state index is 0. The van der Waals surface area contributed by atoms with Crippen LogP contribution in [0.15, 0.2) is 41.4 Å². The molecule has 1 aromatic heterocycles. The largest absolute Gasteiger partial charge is 0.547 e. The second-order valence-electron chi connectivity index (χ2n) is 4.58. The normalized spacial score (nSPS) is 21.4. The van der Waals surface area contributed by atoms with Crippen LogP contribution in [0.4, 0.5) is 0 Å². The quantitative estimate of drug-likeness (QED) is 0.478. The zero-order valence-corrected chi connectivity index (χ0v) is 16.4. The van der Waals surface area contributed by atoms with Gasteiger partial charge in [0.15, 0.2) is 0 Å². The van der Waals surface area contributed by atoms with Crippen LogP contribution in [-0.4, -0.2) is 34.8 Å². The molecule has 0 aliphatic carbocycles. The van der Waals surface area contributed by atoms with Crippen molar-refractivity contribution in [1.29, 1.82) is 0 Å². The van der Waals surface area contributed by atoms with Crippen LogP contribution in [-0.2, 0) is 9.47 Å². The van der Waals surface area contributed by atoms with Gasteiger partial charge in [0.05, 0.1) is 23.3 Å². The Morgan fingerprint density at radius 1 is 1.33 bits per heavy atom. The maximum Gasteiger partial charge on any atom is 0.143 e. The molecule has 1 fully saturated rings. The molecule has 2 atom stereocenters. The fraction of sp³-hybridized carbons (Fsp3) is 0.333. The van der Waals surface area contributed by atoms with E-state index in [-0.39, 0.29) is 49.3 Å². The van der Waals surface area contributed by atoms with Crippen molar-refractivity contribution in [3.05, 3.63) is 43.0 Å². The number of hydrogen-bond acceptors (Lipinski definition) is 5. The molecule has 1 aromatic carbocycles. The first-order valence-electron chi connectivity index (χ1n) is 6.55. The van der Waals surface area contributed by atoms with Crippen molar-refractivity contribution in [2.75, 3.05) is 13.4 Å². The Kier molecular flexibility index (Phi) is 7.01. The third-order valence-corrected chi connectivity index (χ3v) is 4.50. The molecule has 1 N–H and O–H groups in total. The summed E-state index contributed by atoms with van der Waals surface area (Å²) < 4.78 is 10.6. The molecule has 0 amide bonds. The molecular formula is C15H16NO3SU-. The molecule has 2 heterocycles. The summed E-state index contributed by atoms with van der Waals surface area (Å²) in [5, 5.41) is 11.1. The average molecular weight is 528 g/mol. The first-order valence-corrected chi connectivity index (χ1v) is 7.43. The van der Waals surface area contributed by atoms with Gasteiger partial charge in [-0.2, -0.15) is 0 Å². The molecule has 1 aliphatic heterocycles. The van der Waals surface area contributed by atoms with Gasteiger partial charge in [-0.3, -0.25) is 0 Å². The van der Waals surface area contributed by atoms with Crippen LogP contribution in [0.2, 0.25) is 0 Å². The van der Waals surface area contributed by atoms with E-state index in [1.54, 1.807) is 11.8 Å². The van der Waals surface area contributed by atoms with Gasteiger partial charge in [0, 0.05) is 41.7 Å². The molecule has 21 heavy (non-hydrogen) atoms. The van der Waals surface area contributed by atoms with E-state index in [2.05, 4.69) is 17.1 Å². The van der Waals surface area contributed by atoms with Gasteiger partial charge in [-0.05, 0) is 12.1 Å². The van der Waals surface area contributed by atoms with Gasteiger partial charge >= 0.3 is 0 Å². The van der Waals surface area contributed by atoms with E-state index in [1.807, 2.05) is 30.9 Å². The number of aromatic nitrogens is 1. The van der Waals surface area contributed by atoms with Crippen molar-refractivity contribution in [3.63, 3.8) is 0 Å². The second-order valence-corrected chi connectivity index (χ2v) is 5.83. The number of fused-ring (bicyclic) bond motifs is 1. The van der Waals surface area contributed by atoms with Crippen molar-refractivity contribution in [3.8, 4) is 0 Å². The van der Waals surface area contributed by atoms with Gasteiger partial charge in [0.2, 0.25) is 0 Å². The molecule has 4 nitrogen and oxygen atoms in total. The van der Waals surface area contributed by atoms with Gasteiger partial charge in [0.1, 0.15) is 6.79 Å². The first kappa shape index (κ1) is 17.3. The van der Waals surface area contributed by atoms with E-state index in [9.17, 15) is 0 Å². The molecule has 0 bridgehead atoms. The third-order valence-electron chi connectivity index (χ3n) is 3.23. The summed E-state index contributed by atoms with van der Waals surface area (Å²) in [6.45, 7) is 1.94. The van der Waals surface area contributed by atoms with Gasteiger partial charge in [0.25, 0.3) is 0 Å². The topological polar surface area (TPSA) is 51.6 Å². The second kappa shape index (κ2) is 8.52. The number of benzene rings is 1. The van der Waals surface area contributed by atoms with E-state index in [0.717, 1.165) is 22.3 Å². The summed E-state index contributed by atoms with van der Waals surface area (Å²) in [4.78, 5) is 4.66. The number of ether oxygens (including phenoxy) is 2. The number of para-hydroxylation sites is 1. The predicted octanol–water partition coefficient (Wildman–Crippen LogP) is 2.61. The number of aliphatic hydroxyl groups is 1. The Hall–Kier alpha value is -0.0881. The van der Waals surface area contributed by atoms with Crippen LogP contribution < -0.4 is 0 Å². The Bertz CT molecular complexity index is 584. The zero-order chi connectivity index (χ0) is 13.8. The first-order chi connectivity index (χ1) is 9.86. The van der Waals surface area contributed by atoms with Gasteiger partial charge < -0.3 is 14.6 Å². The Morgan fingerprint density at radius 3 is 3.05 bits per heavy atom. The number of rotatable bonds is 5. The summed E-state index contributed by atoms with van der Waals surface area (Å²) >= 11 is 1.70. The summed E-state index contributed by atoms with van der Waals surface area (Å²) in [6, 6.07) is 12.2. The van der Waals surface area contributed by atoms with Crippen molar-refractivity contribution in [2.24, 2.45) is 0 Å². The summed E-state index contributed by atoms with van der Waals surface area (Å²) in [5.41, 5.74) is 1.00. The van der Waals surface area contributed by atoms with Crippen molar-refractivity contribution in [1.82, 2.24) is 4.98 Å². The standard InChI is InChI=1S/C15H16NO3S.U/c17-10-18-9-13-14(7-8-19-13)20-15-6-5-11-3-1-2-4-12(11)16-15;/h1-6,8,13-14,17H,7,9-10H2;/q-1;. The summed E-state index contributed by atoms with van der Waals surface area (Å²) in [5.74, 6) is 0. The molecule has 2 unspecified atom stereocenters. The van der Waals surface area contributed by atoms with Gasteiger partial charge in [-0.25, -0.2) is 11.6 Å². The number of hydrogen-bond donors (Lipinski definition) is 1. The van der Waals surface area contributed by atoms with Crippen molar-refractivity contribution < 1.29 is 45.7 Å². The minimum Gasteiger partial charge on any atom is -0.547 e. The molecule has 3 rings (SSSR count). The maximum absolute atomic E-state index is 8.71. The molecule has 1 saturated heterocycles. The number of nitrogens with zero attached hydrogens (tertiary/aromatic N) is 1. The summed E-state index contributed by atoms with van der Waals surface area (Å²) in [6.07, 6.45) is 0.832. The minimum atomic E-state index is -0.272. The van der Waals surface area contributed by atoms with Crippen LogP contribution in [0.3, 0.4) is 0 Å². The smallest absolute Gasteiger partial charge is 0.143 e. The Morgan fingerprint density at radius 2 is 2.19 bits per heavy atom. The monoisotopic (exact) mass is 528 g/mol. The maximum atomic E-state index is 8.71. The van der Waals surface area contributed by atoms with Crippen LogP contribution in [0.1, 0.15) is 6.42 Å². The number of thioether (sulfide) groups is 1. The van der Waals surface area contributed by atoms with E-state index in [0.29, 0.717) is 6.61 Å². The van der Waals surface area contributed by atoms with E-state index in [1.165, 1.54) is 0 Å². The summed E-state index contributed by atoms with van der Waals surface area (Å²) in [7, 11) is 0. The van der Waals surface area contributed by atoms with Crippen LogP contribution >= 0.6 is 11.8 Å². The molecule has 1 aliphatic rings. The number of pyridine rings is 1. The third kappa shape index (κ3) is 4.44. The predicted molar refractivity (Wildman–Crippen MR) is 78.2 cm³/mol. The zero-order valence-electron chi connectivity index (χ0n) is 11.4. The molecule has 110 valence electrons. The van der Waals surface area contributed by atoms with E-state index < -0.39 is 0 Å². The SMILES string of the molecule is OCOCC1O[CH-]CC1Sc1ccc2ccccc2n1.[U]. The number of aliphatic hydroxyl groups excluding tert-OH is 1. The molecule has 0 radical (unpaired) electrons. The van der Waals surface area contributed by atoms with E-state index >= 15 is 0 Å². The van der Waals surface area contributed by atoms with Gasteiger partial charge in [-0.1, -0.05) is 24.3 Å². The Balaban J connectivity index is 0.00000161.